The lowest BCUT2D eigenvalue weighted by Crippen LogP contribution is -1.96. The highest BCUT2D eigenvalue weighted by Gasteiger charge is 2.08. The first kappa shape index (κ1) is 13.6. The number of hydrogen-bond acceptors (Lipinski definition) is 3. The zero-order valence-corrected chi connectivity index (χ0v) is 10.9. The summed E-state index contributed by atoms with van der Waals surface area (Å²) >= 11 is 0. The number of para-hydroxylation sites is 1. The van der Waals surface area contributed by atoms with Gasteiger partial charge in [0.25, 0.3) is 0 Å². The van der Waals surface area contributed by atoms with Crippen molar-refractivity contribution in [3.8, 4) is 11.5 Å². The maximum Gasteiger partial charge on any atom is 0.133 e. The molecule has 2 aromatic rings. The molecular formula is C16H18O3. The topological polar surface area (TPSA) is 49.7 Å². The summed E-state index contributed by atoms with van der Waals surface area (Å²) < 4.78 is 5.78. The fraction of sp³-hybridized carbons (Fsp3) is 0.250. The summed E-state index contributed by atoms with van der Waals surface area (Å²) in [7, 11) is 0. The van der Waals surface area contributed by atoms with Crippen molar-refractivity contribution < 1.29 is 14.9 Å². The summed E-state index contributed by atoms with van der Waals surface area (Å²) in [6.07, 6.45) is 0.0785. The van der Waals surface area contributed by atoms with Gasteiger partial charge in [-0.2, -0.15) is 0 Å². The molecule has 0 spiro atoms. The molecule has 0 saturated heterocycles. The predicted octanol–water partition coefficient (Wildman–Crippen LogP) is 3.07. The third kappa shape index (κ3) is 3.56. The van der Waals surface area contributed by atoms with E-state index < -0.39 is 6.10 Å². The van der Waals surface area contributed by atoms with Crippen molar-refractivity contribution in [2.24, 2.45) is 0 Å². The molecule has 2 rings (SSSR count). The molecule has 0 heterocycles. The van der Waals surface area contributed by atoms with Crippen molar-refractivity contribution in [3.05, 3.63) is 59.7 Å². The molecule has 100 valence electrons. The van der Waals surface area contributed by atoms with E-state index in [1.54, 1.807) is 6.92 Å². The SMILES string of the molecule is C[C@H](O)c1ccccc1Oc1ccc(CCO)cc1. The van der Waals surface area contributed by atoms with Gasteiger partial charge in [0, 0.05) is 12.2 Å². The summed E-state index contributed by atoms with van der Waals surface area (Å²) in [5.74, 6) is 1.38. The summed E-state index contributed by atoms with van der Waals surface area (Å²) in [6, 6.07) is 15.0. The molecule has 19 heavy (non-hydrogen) atoms. The Kier molecular flexibility index (Phi) is 4.55. The van der Waals surface area contributed by atoms with Gasteiger partial charge in [-0.3, -0.25) is 0 Å². The minimum atomic E-state index is -0.565. The maximum atomic E-state index is 9.69. The van der Waals surface area contributed by atoms with Crippen LogP contribution in [0.2, 0.25) is 0 Å². The Labute approximate surface area is 113 Å². The van der Waals surface area contributed by atoms with Gasteiger partial charge in [-0.15, -0.1) is 0 Å². The Morgan fingerprint density at radius 2 is 1.74 bits per heavy atom. The number of benzene rings is 2. The van der Waals surface area contributed by atoms with E-state index in [1.807, 2.05) is 48.5 Å². The second kappa shape index (κ2) is 6.36. The average molecular weight is 258 g/mol. The van der Waals surface area contributed by atoms with E-state index in [0.717, 1.165) is 16.9 Å². The van der Waals surface area contributed by atoms with Crippen LogP contribution >= 0.6 is 0 Å². The number of rotatable bonds is 5. The molecule has 3 nitrogen and oxygen atoms in total. The molecule has 0 aliphatic heterocycles. The van der Waals surface area contributed by atoms with Crippen molar-refractivity contribution in [2.75, 3.05) is 6.61 Å². The van der Waals surface area contributed by atoms with Gasteiger partial charge in [-0.1, -0.05) is 30.3 Å². The standard InChI is InChI=1S/C16H18O3/c1-12(18)15-4-2-3-5-16(15)19-14-8-6-13(7-9-14)10-11-17/h2-9,12,17-18H,10-11H2,1H3/t12-/m0/s1. The quantitative estimate of drug-likeness (QED) is 0.866. The third-order valence-corrected chi connectivity index (χ3v) is 2.92. The van der Waals surface area contributed by atoms with Crippen LogP contribution < -0.4 is 4.74 Å². The lowest BCUT2D eigenvalue weighted by atomic mass is 10.1. The Morgan fingerprint density at radius 1 is 1.05 bits per heavy atom. The summed E-state index contributed by atoms with van der Waals surface area (Å²) in [5.41, 5.74) is 1.83. The van der Waals surface area contributed by atoms with E-state index >= 15 is 0 Å². The zero-order chi connectivity index (χ0) is 13.7. The van der Waals surface area contributed by atoms with Crippen molar-refractivity contribution in [1.82, 2.24) is 0 Å². The fourth-order valence-corrected chi connectivity index (χ4v) is 1.90. The van der Waals surface area contributed by atoms with E-state index in [0.29, 0.717) is 12.2 Å². The van der Waals surface area contributed by atoms with E-state index in [4.69, 9.17) is 9.84 Å². The van der Waals surface area contributed by atoms with Crippen molar-refractivity contribution in [1.29, 1.82) is 0 Å². The van der Waals surface area contributed by atoms with Crippen LogP contribution in [0.3, 0.4) is 0 Å². The zero-order valence-electron chi connectivity index (χ0n) is 10.9. The average Bonchev–Trinajstić information content (AvgIpc) is 2.42. The fourth-order valence-electron chi connectivity index (χ4n) is 1.90. The van der Waals surface area contributed by atoms with Crippen molar-refractivity contribution in [2.45, 2.75) is 19.4 Å². The molecule has 0 fully saturated rings. The van der Waals surface area contributed by atoms with Crippen LogP contribution in [0, 0.1) is 0 Å². The van der Waals surface area contributed by atoms with Crippen LogP contribution in [0.4, 0.5) is 0 Å². The molecule has 0 saturated carbocycles. The lowest BCUT2D eigenvalue weighted by molar-refractivity contribution is 0.195. The van der Waals surface area contributed by atoms with Crippen molar-refractivity contribution in [3.63, 3.8) is 0 Å². The molecule has 2 aromatic carbocycles. The Hall–Kier alpha value is -1.84. The minimum absolute atomic E-state index is 0.144. The Morgan fingerprint density at radius 3 is 2.37 bits per heavy atom. The second-order valence-corrected chi connectivity index (χ2v) is 4.43. The second-order valence-electron chi connectivity index (χ2n) is 4.43. The third-order valence-electron chi connectivity index (χ3n) is 2.92. The summed E-state index contributed by atoms with van der Waals surface area (Å²) in [4.78, 5) is 0. The van der Waals surface area contributed by atoms with Crippen LogP contribution in [0.1, 0.15) is 24.2 Å². The Balaban J connectivity index is 2.17. The minimum Gasteiger partial charge on any atom is -0.457 e. The largest absolute Gasteiger partial charge is 0.457 e. The van der Waals surface area contributed by atoms with Crippen LogP contribution in [0.25, 0.3) is 0 Å². The first-order valence-electron chi connectivity index (χ1n) is 6.35. The Bertz CT molecular complexity index is 518. The molecule has 0 aliphatic rings. The van der Waals surface area contributed by atoms with Gasteiger partial charge >= 0.3 is 0 Å². The van der Waals surface area contributed by atoms with Gasteiger partial charge in [-0.05, 0) is 37.1 Å². The molecule has 0 radical (unpaired) electrons. The van der Waals surface area contributed by atoms with Crippen LogP contribution in [0.15, 0.2) is 48.5 Å². The number of aliphatic hydroxyl groups is 2. The molecule has 0 amide bonds. The highest BCUT2D eigenvalue weighted by Crippen LogP contribution is 2.29. The van der Waals surface area contributed by atoms with Gasteiger partial charge in [0.2, 0.25) is 0 Å². The molecule has 1 atom stereocenters. The molecule has 0 aliphatic carbocycles. The van der Waals surface area contributed by atoms with Gasteiger partial charge in [-0.25, -0.2) is 0 Å². The molecule has 2 N–H and O–H groups in total. The number of ether oxygens (including phenoxy) is 1. The van der Waals surface area contributed by atoms with Crippen LogP contribution in [0.5, 0.6) is 11.5 Å². The normalized spacial score (nSPS) is 12.2. The van der Waals surface area contributed by atoms with E-state index in [2.05, 4.69) is 0 Å². The molecule has 0 unspecified atom stereocenters. The van der Waals surface area contributed by atoms with E-state index in [1.165, 1.54) is 0 Å². The first-order valence-corrected chi connectivity index (χ1v) is 6.35. The molecular weight excluding hydrogens is 240 g/mol. The van der Waals surface area contributed by atoms with Gasteiger partial charge in [0.1, 0.15) is 11.5 Å². The first-order chi connectivity index (χ1) is 9.20. The van der Waals surface area contributed by atoms with E-state index in [-0.39, 0.29) is 6.61 Å². The molecule has 0 aromatic heterocycles. The van der Waals surface area contributed by atoms with Crippen LogP contribution in [-0.4, -0.2) is 16.8 Å². The van der Waals surface area contributed by atoms with E-state index in [9.17, 15) is 5.11 Å². The monoisotopic (exact) mass is 258 g/mol. The molecule has 0 bridgehead atoms. The molecule has 3 heteroatoms. The highest BCUT2D eigenvalue weighted by atomic mass is 16.5. The maximum absolute atomic E-state index is 9.69. The smallest absolute Gasteiger partial charge is 0.133 e. The lowest BCUT2D eigenvalue weighted by Gasteiger charge is -2.13. The highest BCUT2D eigenvalue weighted by molar-refractivity contribution is 5.39. The van der Waals surface area contributed by atoms with Gasteiger partial charge in [0.15, 0.2) is 0 Å². The number of hydrogen-bond donors (Lipinski definition) is 2. The number of aliphatic hydroxyl groups excluding tert-OH is 2. The summed E-state index contributed by atoms with van der Waals surface area (Å²) in [5, 5.41) is 18.6. The van der Waals surface area contributed by atoms with Gasteiger partial charge in [0.05, 0.1) is 6.10 Å². The van der Waals surface area contributed by atoms with Gasteiger partial charge < -0.3 is 14.9 Å². The van der Waals surface area contributed by atoms with Crippen molar-refractivity contribution >= 4 is 0 Å². The van der Waals surface area contributed by atoms with Crippen LogP contribution in [-0.2, 0) is 6.42 Å². The predicted molar refractivity (Wildman–Crippen MR) is 74.4 cm³/mol. The summed E-state index contributed by atoms with van der Waals surface area (Å²) in [6.45, 7) is 1.86.